The summed E-state index contributed by atoms with van der Waals surface area (Å²) in [6.07, 6.45) is 8.84. The smallest absolute Gasteiger partial charge is 0.237 e. The average Bonchev–Trinajstić information content (AvgIpc) is 3.34. The van der Waals surface area contributed by atoms with E-state index in [9.17, 15) is 0 Å². The topological polar surface area (TPSA) is 64.0 Å². The molecule has 176 valence electrons. The number of rotatable bonds is 7. The number of benzene rings is 2. The maximum Gasteiger partial charge on any atom is 0.237 e. The third kappa shape index (κ3) is 6.85. The van der Waals surface area contributed by atoms with Crippen LogP contribution in [0.5, 0.6) is 5.88 Å². The molecule has 0 saturated heterocycles. The predicted molar refractivity (Wildman–Crippen MR) is 141 cm³/mol. The van der Waals surface area contributed by atoms with Gasteiger partial charge < -0.3 is 15.4 Å². The predicted octanol–water partition coefficient (Wildman–Crippen LogP) is 4.90. The summed E-state index contributed by atoms with van der Waals surface area (Å²) in [6, 6.07) is 22.8. The lowest BCUT2D eigenvalue weighted by molar-refractivity contribution is 0.194. The molecule has 2 N–H and O–H groups in total. The van der Waals surface area contributed by atoms with Gasteiger partial charge in [-0.05, 0) is 43.0 Å². The molecule has 34 heavy (non-hydrogen) atoms. The summed E-state index contributed by atoms with van der Waals surface area (Å²) < 4.78 is 7.84. The Labute approximate surface area is 205 Å². The molecule has 7 heteroatoms. The molecule has 0 aliphatic carbocycles. The molecule has 0 radical (unpaired) electrons. The van der Waals surface area contributed by atoms with E-state index in [1.165, 1.54) is 10.5 Å². The lowest BCUT2D eigenvalue weighted by Gasteiger charge is -2.27. The summed E-state index contributed by atoms with van der Waals surface area (Å²) >= 11 is 1.77. The van der Waals surface area contributed by atoms with Crippen molar-refractivity contribution >= 4 is 17.4 Å². The SMILES string of the molecule is CSc1ccc(CCNCC2CNc3cc(-c4cnn(C)c4)cnc3O2)cc1.c1ccccc1. The Balaban J connectivity index is 0.000000398. The van der Waals surface area contributed by atoms with E-state index in [1.54, 1.807) is 16.4 Å². The summed E-state index contributed by atoms with van der Waals surface area (Å²) in [5, 5.41) is 11.2. The largest absolute Gasteiger partial charge is 0.470 e. The Hall–Kier alpha value is -3.29. The third-order valence-corrected chi connectivity index (χ3v) is 6.22. The maximum absolute atomic E-state index is 6.05. The Morgan fingerprint density at radius 1 is 1.06 bits per heavy atom. The molecule has 4 aromatic rings. The first-order chi connectivity index (χ1) is 16.7. The number of pyridine rings is 1. The minimum Gasteiger partial charge on any atom is -0.470 e. The molecule has 0 spiro atoms. The van der Waals surface area contributed by atoms with Crippen molar-refractivity contribution in [2.45, 2.75) is 17.4 Å². The van der Waals surface area contributed by atoms with Gasteiger partial charge in [0, 0.05) is 42.0 Å². The summed E-state index contributed by atoms with van der Waals surface area (Å²) in [5.74, 6) is 0.665. The van der Waals surface area contributed by atoms with Crippen LogP contribution in [-0.4, -0.2) is 46.8 Å². The van der Waals surface area contributed by atoms with Gasteiger partial charge >= 0.3 is 0 Å². The van der Waals surface area contributed by atoms with E-state index in [1.807, 2.05) is 62.0 Å². The number of aromatic nitrogens is 3. The van der Waals surface area contributed by atoms with Crippen LogP contribution in [0.15, 0.2) is 90.2 Å². The van der Waals surface area contributed by atoms with Gasteiger partial charge in [0.1, 0.15) is 6.10 Å². The zero-order chi connectivity index (χ0) is 23.6. The molecule has 0 amide bonds. The average molecular weight is 474 g/mol. The van der Waals surface area contributed by atoms with Crippen molar-refractivity contribution in [3.63, 3.8) is 0 Å². The zero-order valence-corrected chi connectivity index (χ0v) is 20.5. The molecule has 0 saturated carbocycles. The molecular formula is C27H31N5OS. The van der Waals surface area contributed by atoms with E-state index in [-0.39, 0.29) is 6.10 Å². The Kier molecular flexibility index (Phi) is 8.60. The van der Waals surface area contributed by atoms with Crippen LogP contribution in [0.2, 0.25) is 0 Å². The number of aryl methyl sites for hydroxylation is 1. The van der Waals surface area contributed by atoms with Crippen molar-refractivity contribution in [3.8, 4) is 17.0 Å². The van der Waals surface area contributed by atoms with Gasteiger partial charge in [0.25, 0.3) is 0 Å². The normalized spacial score (nSPS) is 14.2. The number of thioether (sulfide) groups is 1. The van der Waals surface area contributed by atoms with Gasteiger partial charge in [-0.2, -0.15) is 5.10 Å². The van der Waals surface area contributed by atoms with Crippen molar-refractivity contribution in [2.75, 3.05) is 31.2 Å². The molecule has 1 unspecified atom stereocenters. The fourth-order valence-corrected chi connectivity index (χ4v) is 4.02. The van der Waals surface area contributed by atoms with Crippen LogP contribution >= 0.6 is 11.8 Å². The summed E-state index contributed by atoms with van der Waals surface area (Å²) in [4.78, 5) is 5.80. The Morgan fingerprint density at radius 2 is 1.79 bits per heavy atom. The number of anilines is 1. The fourth-order valence-electron chi connectivity index (χ4n) is 3.61. The van der Waals surface area contributed by atoms with Crippen molar-refractivity contribution in [1.82, 2.24) is 20.1 Å². The summed E-state index contributed by atoms with van der Waals surface area (Å²) in [5.41, 5.74) is 4.37. The molecule has 1 aliphatic heterocycles. The monoisotopic (exact) mass is 473 g/mol. The second-order valence-electron chi connectivity index (χ2n) is 8.06. The third-order valence-electron chi connectivity index (χ3n) is 5.48. The first kappa shape index (κ1) is 23.9. The van der Waals surface area contributed by atoms with E-state index in [2.05, 4.69) is 57.3 Å². The summed E-state index contributed by atoms with van der Waals surface area (Å²) in [6.45, 7) is 2.49. The van der Waals surface area contributed by atoms with Crippen LogP contribution in [0.3, 0.4) is 0 Å². The number of fused-ring (bicyclic) bond motifs is 1. The molecule has 2 aromatic carbocycles. The van der Waals surface area contributed by atoms with Crippen LogP contribution in [0, 0.1) is 0 Å². The van der Waals surface area contributed by atoms with Gasteiger partial charge in [-0.1, -0.05) is 48.5 Å². The lowest BCUT2D eigenvalue weighted by atomic mass is 10.1. The van der Waals surface area contributed by atoms with E-state index in [0.29, 0.717) is 5.88 Å². The standard InChI is InChI=1S/C21H25N5OS.C6H6/c1-26-14-17(11-25-26)16-9-20-21(24-10-16)27-18(13-23-20)12-22-8-7-15-3-5-19(28-2)6-4-15;1-2-4-6-5-3-1/h3-6,9-11,14,18,22-23H,7-8,12-13H2,1-2H3;1-6H. The Morgan fingerprint density at radius 3 is 2.44 bits per heavy atom. The second-order valence-corrected chi connectivity index (χ2v) is 8.94. The molecule has 0 fully saturated rings. The first-order valence-electron chi connectivity index (χ1n) is 11.4. The highest BCUT2D eigenvalue weighted by Crippen LogP contribution is 2.31. The van der Waals surface area contributed by atoms with E-state index < -0.39 is 0 Å². The van der Waals surface area contributed by atoms with Crippen LogP contribution in [0.25, 0.3) is 11.1 Å². The first-order valence-corrected chi connectivity index (χ1v) is 12.7. The fraction of sp³-hybridized carbons (Fsp3) is 0.259. The van der Waals surface area contributed by atoms with Crippen molar-refractivity contribution < 1.29 is 4.74 Å². The number of nitrogens with zero attached hydrogens (tertiary/aromatic N) is 3. The highest BCUT2D eigenvalue weighted by atomic mass is 32.2. The van der Waals surface area contributed by atoms with Crippen molar-refractivity contribution in [3.05, 3.63) is 90.9 Å². The zero-order valence-electron chi connectivity index (χ0n) is 19.6. The van der Waals surface area contributed by atoms with Gasteiger partial charge in [-0.3, -0.25) is 4.68 Å². The molecule has 3 heterocycles. The van der Waals surface area contributed by atoms with E-state index >= 15 is 0 Å². The molecule has 6 nitrogen and oxygen atoms in total. The van der Waals surface area contributed by atoms with Crippen LogP contribution in [-0.2, 0) is 13.5 Å². The maximum atomic E-state index is 6.05. The quantitative estimate of drug-likeness (QED) is 0.294. The number of nitrogens with one attached hydrogen (secondary N) is 2. The number of ether oxygens (including phenoxy) is 1. The van der Waals surface area contributed by atoms with Crippen LogP contribution in [0.1, 0.15) is 5.56 Å². The molecule has 1 aliphatic rings. The Bertz CT molecular complexity index is 1120. The van der Waals surface area contributed by atoms with Gasteiger partial charge in [-0.15, -0.1) is 11.8 Å². The minimum atomic E-state index is 0.0723. The number of hydrogen-bond donors (Lipinski definition) is 2. The second kappa shape index (κ2) is 12.3. The highest BCUT2D eigenvalue weighted by Gasteiger charge is 2.20. The van der Waals surface area contributed by atoms with Gasteiger partial charge in [0.2, 0.25) is 5.88 Å². The van der Waals surface area contributed by atoms with Crippen molar-refractivity contribution in [2.24, 2.45) is 7.05 Å². The number of hydrogen-bond acceptors (Lipinski definition) is 6. The van der Waals surface area contributed by atoms with E-state index in [0.717, 1.165) is 42.9 Å². The van der Waals surface area contributed by atoms with Gasteiger partial charge in [0.05, 0.1) is 18.4 Å². The van der Waals surface area contributed by atoms with Crippen LogP contribution in [0.4, 0.5) is 5.69 Å². The molecule has 5 rings (SSSR count). The molecule has 0 bridgehead atoms. The minimum absolute atomic E-state index is 0.0723. The molecule has 1 atom stereocenters. The van der Waals surface area contributed by atoms with Gasteiger partial charge in [0.15, 0.2) is 0 Å². The highest BCUT2D eigenvalue weighted by molar-refractivity contribution is 7.98. The summed E-state index contributed by atoms with van der Waals surface area (Å²) in [7, 11) is 1.91. The van der Waals surface area contributed by atoms with Crippen molar-refractivity contribution in [1.29, 1.82) is 0 Å². The van der Waals surface area contributed by atoms with Gasteiger partial charge in [-0.25, -0.2) is 4.98 Å². The lowest BCUT2D eigenvalue weighted by Crippen LogP contribution is -2.40. The van der Waals surface area contributed by atoms with Crippen LogP contribution < -0.4 is 15.4 Å². The molecule has 2 aromatic heterocycles. The van der Waals surface area contributed by atoms with E-state index in [4.69, 9.17) is 4.74 Å². The molecular weight excluding hydrogens is 442 g/mol.